The van der Waals surface area contributed by atoms with E-state index in [0.29, 0.717) is 4.57 Å². The normalized spacial score (nSPS) is 13.6. The number of carboxylic acids is 1. The van der Waals surface area contributed by atoms with E-state index in [2.05, 4.69) is 0 Å². The van der Waals surface area contributed by atoms with Gasteiger partial charge in [0.15, 0.2) is 11.8 Å². The molecule has 1 atom stereocenters. The van der Waals surface area contributed by atoms with Crippen LogP contribution in [0.25, 0.3) is 0 Å². The van der Waals surface area contributed by atoms with Gasteiger partial charge in [0.2, 0.25) is 5.25 Å². The van der Waals surface area contributed by atoms with Crippen LogP contribution in [0, 0.1) is 0 Å². The van der Waals surface area contributed by atoms with E-state index >= 15 is 0 Å². The highest BCUT2D eigenvalue weighted by Gasteiger charge is 2.32. The Balaban J connectivity index is 3.07. The van der Waals surface area contributed by atoms with Crippen molar-refractivity contribution in [2.24, 2.45) is 0 Å². The predicted molar refractivity (Wildman–Crippen MR) is 50.7 cm³/mol. The molecule has 1 aromatic rings. The standard InChI is InChI=1S/C7H9NO7S/c9-5-1-2-6(10)8(5)3-4(7(11)12)16(13,14)15/h1-2,4,9-10H,3H2,(H,11,12)(H,13,14,15). The van der Waals surface area contributed by atoms with Crippen LogP contribution in [0.4, 0.5) is 0 Å². The van der Waals surface area contributed by atoms with Gasteiger partial charge in [0.1, 0.15) is 0 Å². The van der Waals surface area contributed by atoms with Gasteiger partial charge in [-0.2, -0.15) is 8.42 Å². The van der Waals surface area contributed by atoms with E-state index in [-0.39, 0.29) is 0 Å². The Morgan fingerprint density at radius 2 is 1.75 bits per heavy atom. The number of carboxylic acid groups (broad SMARTS) is 1. The van der Waals surface area contributed by atoms with E-state index in [1.807, 2.05) is 0 Å². The van der Waals surface area contributed by atoms with E-state index in [4.69, 9.17) is 19.9 Å². The van der Waals surface area contributed by atoms with Crippen molar-refractivity contribution in [3.63, 3.8) is 0 Å². The Morgan fingerprint density at radius 1 is 1.31 bits per heavy atom. The Bertz CT molecular complexity index is 483. The molecular weight excluding hydrogens is 242 g/mol. The predicted octanol–water partition coefficient (Wildman–Crippen LogP) is -0.760. The van der Waals surface area contributed by atoms with Gasteiger partial charge in [-0.3, -0.25) is 13.9 Å². The summed E-state index contributed by atoms with van der Waals surface area (Å²) in [5.41, 5.74) is 0. The maximum absolute atomic E-state index is 10.7. The fraction of sp³-hybridized carbons (Fsp3) is 0.286. The van der Waals surface area contributed by atoms with Gasteiger partial charge in [-0.1, -0.05) is 0 Å². The zero-order valence-corrected chi connectivity index (χ0v) is 8.62. The first-order valence-corrected chi connectivity index (χ1v) is 5.50. The van der Waals surface area contributed by atoms with Crippen molar-refractivity contribution in [2.75, 3.05) is 0 Å². The second-order valence-corrected chi connectivity index (χ2v) is 4.60. The average Bonchev–Trinajstić information content (AvgIpc) is 2.40. The van der Waals surface area contributed by atoms with Gasteiger partial charge < -0.3 is 15.3 Å². The van der Waals surface area contributed by atoms with Crippen molar-refractivity contribution < 1.29 is 33.1 Å². The van der Waals surface area contributed by atoms with Gasteiger partial charge in [-0.25, -0.2) is 0 Å². The SMILES string of the molecule is O=C(O)C(Cn1c(O)ccc1O)S(=O)(=O)O. The third-order valence-corrected chi connectivity index (χ3v) is 2.99. The van der Waals surface area contributed by atoms with Crippen molar-refractivity contribution in [3.8, 4) is 11.8 Å². The summed E-state index contributed by atoms with van der Waals surface area (Å²) in [5, 5.41) is 24.7. The van der Waals surface area contributed by atoms with Crippen molar-refractivity contribution in [1.82, 2.24) is 4.57 Å². The minimum absolute atomic E-state index is 0.507. The molecule has 0 radical (unpaired) electrons. The van der Waals surface area contributed by atoms with Crippen LogP contribution in [-0.4, -0.2) is 44.1 Å². The summed E-state index contributed by atoms with van der Waals surface area (Å²) in [6.45, 7) is -0.793. The lowest BCUT2D eigenvalue weighted by molar-refractivity contribution is -0.136. The quantitative estimate of drug-likeness (QED) is 0.516. The summed E-state index contributed by atoms with van der Waals surface area (Å²) in [6.07, 6.45) is 0. The monoisotopic (exact) mass is 251 g/mol. The van der Waals surface area contributed by atoms with Crippen LogP contribution in [-0.2, 0) is 21.5 Å². The number of nitrogens with zero attached hydrogens (tertiary/aromatic N) is 1. The number of hydrogen-bond acceptors (Lipinski definition) is 5. The molecule has 0 fully saturated rings. The maximum Gasteiger partial charge on any atom is 0.326 e. The van der Waals surface area contributed by atoms with Crippen molar-refractivity contribution in [3.05, 3.63) is 12.1 Å². The summed E-state index contributed by atoms with van der Waals surface area (Å²) in [4.78, 5) is 10.6. The second kappa shape index (κ2) is 4.02. The van der Waals surface area contributed by atoms with Gasteiger partial charge in [0, 0.05) is 12.1 Å². The molecule has 8 nitrogen and oxygen atoms in total. The third kappa shape index (κ3) is 2.44. The summed E-state index contributed by atoms with van der Waals surface area (Å²) in [5.74, 6) is -2.80. The van der Waals surface area contributed by atoms with E-state index in [0.717, 1.165) is 12.1 Å². The molecule has 0 spiro atoms. The molecule has 0 bridgehead atoms. The molecule has 16 heavy (non-hydrogen) atoms. The smallest absolute Gasteiger partial charge is 0.326 e. The molecule has 0 aromatic carbocycles. The van der Waals surface area contributed by atoms with E-state index in [1.54, 1.807) is 0 Å². The number of rotatable bonds is 4. The first kappa shape index (κ1) is 12.3. The van der Waals surface area contributed by atoms with Crippen molar-refractivity contribution in [1.29, 1.82) is 0 Å². The van der Waals surface area contributed by atoms with Crippen LogP contribution < -0.4 is 0 Å². The molecule has 1 rings (SSSR count). The molecule has 0 amide bonds. The highest BCUT2D eigenvalue weighted by Crippen LogP contribution is 2.22. The van der Waals surface area contributed by atoms with E-state index < -0.39 is 39.6 Å². The Hall–Kier alpha value is -1.74. The van der Waals surface area contributed by atoms with Gasteiger partial charge in [0.25, 0.3) is 10.1 Å². The number of carbonyl (C=O) groups is 1. The molecule has 0 saturated heterocycles. The lowest BCUT2D eigenvalue weighted by Gasteiger charge is -2.11. The highest BCUT2D eigenvalue weighted by atomic mass is 32.2. The van der Waals surface area contributed by atoms with Crippen LogP contribution in [0.1, 0.15) is 0 Å². The van der Waals surface area contributed by atoms with Crippen LogP contribution >= 0.6 is 0 Å². The van der Waals surface area contributed by atoms with Gasteiger partial charge in [-0.15, -0.1) is 0 Å². The zero-order chi connectivity index (χ0) is 12.5. The molecule has 1 aromatic heterocycles. The van der Waals surface area contributed by atoms with Gasteiger partial charge in [-0.05, 0) is 0 Å². The topological polar surface area (TPSA) is 137 Å². The third-order valence-electron chi connectivity index (χ3n) is 1.92. The molecule has 1 unspecified atom stereocenters. The molecular formula is C7H9NO7S. The molecule has 9 heteroatoms. The van der Waals surface area contributed by atoms with Crippen LogP contribution in [0.2, 0.25) is 0 Å². The van der Waals surface area contributed by atoms with Gasteiger partial charge in [0.05, 0.1) is 6.54 Å². The van der Waals surface area contributed by atoms with Crippen molar-refractivity contribution >= 4 is 16.1 Å². The lowest BCUT2D eigenvalue weighted by atomic mass is 10.4. The summed E-state index contributed by atoms with van der Waals surface area (Å²) < 4.78 is 30.7. The fourth-order valence-electron chi connectivity index (χ4n) is 1.10. The molecule has 90 valence electrons. The highest BCUT2D eigenvalue weighted by molar-refractivity contribution is 7.87. The van der Waals surface area contributed by atoms with Crippen LogP contribution in [0.3, 0.4) is 0 Å². The van der Waals surface area contributed by atoms with Crippen molar-refractivity contribution in [2.45, 2.75) is 11.8 Å². The average molecular weight is 251 g/mol. The maximum atomic E-state index is 10.7. The summed E-state index contributed by atoms with van der Waals surface area (Å²) in [6, 6.07) is 2.11. The largest absolute Gasteiger partial charge is 0.494 e. The Morgan fingerprint density at radius 3 is 2.06 bits per heavy atom. The van der Waals surface area contributed by atoms with Crippen LogP contribution in [0.15, 0.2) is 12.1 Å². The van der Waals surface area contributed by atoms with Gasteiger partial charge >= 0.3 is 5.97 Å². The minimum atomic E-state index is -4.82. The summed E-state index contributed by atoms with van der Waals surface area (Å²) >= 11 is 0. The molecule has 1 heterocycles. The number of aliphatic carboxylic acids is 1. The molecule has 0 saturated carbocycles. The zero-order valence-electron chi connectivity index (χ0n) is 7.81. The number of hydrogen-bond donors (Lipinski definition) is 4. The second-order valence-electron chi connectivity index (χ2n) is 3.00. The van der Waals surface area contributed by atoms with E-state index in [9.17, 15) is 13.2 Å². The Kier molecular flexibility index (Phi) is 3.10. The Labute approximate surface area is 90.1 Å². The van der Waals surface area contributed by atoms with E-state index in [1.165, 1.54) is 0 Å². The van der Waals surface area contributed by atoms with Crippen LogP contribution in [0.5, 0.6) is 11.8 Å². The number of aromatic nitrogens is 1. The molecule has 4 N–H and O–H groups in total. The lowest BCUT2D eigenvalue weighted by Crippen LogP contribution is -2.33. The minimum Gasteiger partial charge on any atom is -0.494 e. The molecule has 0 aliphatic carbocycles. The first-order chi connectivity index (χ1) is 7.23. The molecule has 0 aliphatic rings. The molecule has 0 aliphatic heterocycles. The summed E-state index contributed by atoms with van der Waals surface area (Å²) in [7, 11) is -4.82. The first-order valence-electron chi connectivity index (χ1n) is 4.00. The number of aromatic hydroxyl groups is 2. The fourth-order valence-corrected chi connectivity index (χ4v) is 1.69.